The molecule has 0 saturated heterocycles. The first-order chi connectivity index (χ1) is 6.77. The van der Waals surface area contributed by atoms with Gasteiger partial charge in [0, 0.05) is 13.6 Å². The van der Waals surface area contributed by atoms with Crippen molar-refractivity contribution < 1.29 is 9.18 Å². The smallest absolute Gasteiger partial charge is 0.271 e. The Kier molecular flexibility index (Phi) is 3.78. The third-order valence-corrected chi connectivity index (χ3v) is 1.53. The van der Waals surface area contributed by atoms with Crippen LogP contribution < -0.4 is 10.6 Å². The minimum atomic E-state index is -0.590. The number of carbonyl (C=O) groups is 1. The number of rotatable bonds is 4. The molecule has 0 aliphatic heterocycles. The number of nitrogens with zero attached hydrogens (tertiary/aromatic N) is 2. The van der Waals surface area contributed by atoms with Gasteiger partial charge in [-0.1, -0.05) is 0 Å². The van der Waals surface area contributed by atoms with Crippen molar-refractivity contribution in [2.75, 3.05) is 25.6 Å². The fraction of sp³-hybridized carbons (Fsp3) is 0.375. The first-order valence-electron chi connectivity index (χ1n) is 4.13. The third kappa shape index (κ3) is 2.65. The molecule has 0 aliphatic rings. The van der Waals surface area contributed by atoms with E-state index in [9.17, 15) is 9.18 Å². The fourth-order valence-electron chi connectivity index (χ4n) is 0.838. The number of nitrogens with one attached hydrogen (secondary N) is 2. The van der Waals surface area contributed by atoms with Crippen LogP contribution in [0.3, 0.4) is 0 Å². The summed E-state index contributed by atoms with van der Waals surface area (Å²) in [6.07, 6.45) is 0. The summed E-state index contributed by atoms with van der Waals surface area (Å²) in [5.41, 5.74) is 0.178. The predicted octanol–water partition coefficient (Wildman–Crippen LogP) is 0.218. The van der Waals surface area contributed by atoms with Crippen molar-refractivity contribution in [3.63, 3.8) is 0 Å². The van der Waals surface area contributed by atoms with E-state index in [0.717, 1.165) is 0 Å². The lowest BCUT2D eigenvalue weighted by molar-refractivity contribution is 0.0945. The number of amides is 1. The standard InChI is InChI=1S/C8H11FN4O/c1-10-7-3-2-6(12-13-7)8(14)11-5-4-9/h2-3H,4-5H2,1H3,(H,10,13)(H,11,14). The van der Waals surface area contributed by atoms with Crippen molar-refractivity contribution >= 4 is 11.7 Å². The molecule has 5 nitrogen and oxygen atoms in total. The van der Waals surface area contributed by atoms with Crippen molar-refractivity contribution in [2.45, 2.75) is 0 Å². The van der Waals surface area contributed by atoms with E-state index in [1.54, 1.807) is 13.1 Å². The second kappa shape index (κ2) is 5.11. The second-order valence-electron chi connectivity index (χ2n) is 2.50. The van der Waals surface area contributed by atoms with Crippen LogP contribution in [0, 0.1) is 0 Å². The summed E-state index contributed by atoms with van der Waals surface area (Å²) >= 11 is 0. The van der Waals surface area contributed by atoms with Crippen LogP contribution in [-0.4, -0.2) is 36.4 Å². The maximum Gasteiger partial charge on any atom is 0.271 e. The van der Waals surface area contributed by atoms with Crippen LogP contribution in [0.5, 0.6) is 0 Å². The zero-order chi connectivity index (χ0) is 10.4. The summed E-state index contributed by atoms with van der Waals surface area (Å²) in [5.74, 6) is 0.157. The van der Waals surface area contributed by atoms with Gasteiger partial charge in [-0.2, -0.15) is 0 Å². The van der Waals surface area contributed by atoms with Crippen molar-refractivity contribution in [3.8, 4) is 0 Å². The summed E-state index contributed by atoms with van der Waals surface area (Å²) < 4.78 is 11.7. The predicted molar refractivity (Wildman–Crippen MR) is 49.9 cm³/mol. The highest BCUT2D eigenvalue weighted by Gasteiger charge is 2.06. The first-order valence-corrected chi connectivity index (χ1v) is 4.13. The van der Waals surface area contributed by atoms with Crippen LogP contribution in [0.25, 0.3) is 0 Å². The summed E-state index contributed by atoms with van der Waals surface area (Å²) in [7, 11) is 1.70. The first kappa shape index (κ1) is 10.4. The zero-order valence-corrected chi connectivity index (χ0v) is 7.75. The SMILES string of the molecule is CNc1ccc(C(=O)NCCF)nn1. The van der Waals surface area contributed by atoms with Crippen LogP contribution in [0.4, 0.5) is 10.2 Å². The molecule has 2 N–H and O–H groups in total. The van der Waals surface area contributed by atoms with Crippen LogP contribution >= 0.6 is 0 Å². The lowest BCUT2D eigenvalue weighted by Gasteiger charge is -2.01. The molecule has 14 heavy (non-hydrogen) atoms. The summed E-state index contributed by atoms with van der Waals surface area (Å²) in [6, 6.07) is 3.14. The maximum atomic E-state index is 11.7. The van der Waals surface area contributed by atoms with E-state index in [-0.39, 0.29) is 12.2 Å². The van der Waals surface area contributed by atoms with Crippen molar-refractivity contribution in [2.24, 2.45) is 0 Å². The molecule has 1 aromatic rings. The van der Waals surface area contributed by atoms with Gasteiger partial charge < -0.3 is 10.6 Å². The van der Waals surface area contributed by atoms with Crippen LogP contribution in [0.2, 0.25) is 0 Å². The van der Waals surface area contributed by atoms with Gasteiger partial charge in [-0.3, -0.25) is 4.79 Å². The van der Waals surface area contributed by atoms with Gasteiger partial charge in [-0.05, 0) is 12.1 Å². The number of hydrogen-bond acceptors (Lipinski definition) is 4. The number of hydrogen-bond donors (Lipinski definition) is 2. The molecule has 0 fully saturated rings. The summed E-state index contributed by atoms with van der Waals surface area (Å²) in [4.78, 5) is 11.2. The zero-order valence-electron chi connectivity index (χ0n) is 7.75. The van der Waals surface area contributed by atoms with Gasteiger partial charge in [0.25, 0.3) is 5.91 Å². The van der Waals surface area contributed by atoms with Crippen molar-refractivity contribution in [3.05, 3.63) is 17.8 Å². The minimum absolute atomic E-state index is 0.00566. The molecular formula is C8H11FN4O. The Balaban J connectivity index is 2.62. The van der Waals surface area contributed by atoms with E-state index < -0.39 is 12.6 Å². The molecule has 0 atom stereocenters. The maximum absolute atomic E-state index is 11.7. The quantitative estimate of drug-likeness (QED) is 0.726. The molecule has 1 heterocycles. The Morgan fingerprint density at radius 2 is 2.29 bits per heavy atom. The third-order valence-electron chi connectivity index (χ3n) is 1.53. The molecule has 76 valence electrons. The molecule has 1 amide bonds. The molecule has 1 rings (SSSR count). The molecule has 6 heteroatoms. The van der Waals surface area contributed by atoms with Crippen LogP contribution in [-0.2, 0) is 0 Å². The Labute approximate surface area is 80.7 Å². The van der Waals surface area contributed by atoms with Gasteiger partial charge in [-0.15, -0.1) is 10.2 Å². The Morgan fingerprint density at radius 1 is 1.50 bits per heavy atom. The highest BCUT2D eigenvalue weighted by Crippen LogP contribution is 1.99. The molecule has 0 spiro atoms. The Bertz CT molecular complexity index is 301. The molecular weight excluding hydrogens is 187 g/mol. The van der Waals surface area contributed by atoms with Crippen molar-refractivity contribution in [1.29, 1.82) is 0 Å². The van der Waals surface area contributed by atoms with Crippen molar-refractivity contribution in [1.82, 2.24) is 15.5 Å². The number of anilines is 1. The van der Waals surface area contributed by atoms with E-state index in [1.807, 2.05) is 0 Å². The monoisotopic (exact) mass is 198 g/mol. The lowest BCUT2D eigenvalue weighted by Crippen LogP contribution is -2.26. The van der Waals surface area contributed by atoms with Crippen LogP contribution in [0.1, 0.15) is 10.5 Å². The molecule has 0 radical (unpaired) electrons. The fourth-order valence-corrected chi connectivity index (χ4v) is 0.838. The van der Waals surface area contributed by atoms with Gasteiger partial charge >= 0.3 is 0 Å². The average Bonchev–Trinajstić information content (AvgIpc) is 2.26. The second-order valence-corrected chi connectivity index (χ2v) is 2.50. The highest BCUT2D eigenvalue weighted by molar-refractivity contribution is 5.92. The van der Waals surface area contributed by atoms with Crippen LogP contribution in [0.15, 0.2) is 12.1 Å². The van der Waals surface area contributed by atoms with E-state index >= 15 is 0 Å². The number of alkyl halides is 1. The van der Waals surface area contributed by atoms with Gasteiger partial charge in [-0.25, -0.2) is 4.39 Å². The summed E-state index contributed by atoms with van der Waals surface area (Å²) in [5, 5.41) is 12.5. The highest BCUT2D eigenvalue weighted by atomic mass is 19.1. The largest absolute Gasteiger partial charge is 0.372 e. The molecule has 0 bridgehead atoms. The van der Waals surface area contributed by atoms with Gasteiger partial charge in [0.1, 0.15) is 12.5 Å². The molecule has 0 saturated carbocycles. The van der Waals surface area contributed by atoms with E-state index in [4.69, 9.17) is 0 Å². The van der Waals surface area contributed by atoms with E-state index in [0.29, 0.717) is 5.82 Å². The van der Waals surface area contributed by atoms with Gasteiger partial charge in [0.15, 0.2) is 5.69 Å². The number of halogens is 1. The Morgan fingerprint density at radius 3 is 2.79 bits per heavy atom. The average molecular weight is 198 g/mol. The molecule has 0 aliphatic carbocycles. The molecule has 1 aromatic heterocycles. The number of carbonyl (C=O) groups excluding carboxylic acids is 1. The lowest BCUT2D eigenvalue weighted by atomic mass is 10.3. The normalized spacial score (nSPS) is 9.57. The molecule has 0 unspecified atom stereocenters. The van der Waals surface area contributed by atoms with Gasteiger partial charge in [0.05, 0.1) is 0 Å². The van der Waals surface area contributed by atoms with E-state index in [2.05, 4.69) is 20.8 Å². The topological polar surface area (TPSA) is 66.9 Å². The molecule has 0 aromatic carbocycles. The summed E-state index contributed by atoms with van der Waals surface area (Å²) in [6.45, 7) is -0.595. The van der Waals surface area contributed by atoms with Gasteiger partial charge in [0.2, 0.25) is 0 Å². The minimum Gasteiger partial charge on any atom is -0.372 e. The Hall–Kier alpha value is -1.72. The number of aromatic nitrogens is 2. The van der Waals surface area contributed by atoms with E-state index in [1.165, 1.54) is 6.07 Å².